The molecule has 1 N–H and O–H groups in total. The van der Waals surface area contributed by atoms with Gasteiger partial charge in [0.2, 0.25) is 0 Å². The third kappa shape index (κ3) is 4.13. The number of aromatic nitrogens is 1. The highest BCUT2D eigenvalue weighted by molar-refractivity contribution is 8.18. The normalized spacial score (nSPS) is 15.3. The van der Waals surface area contributed by atoms with E-state index in [0.717, 1.165) is 29.3 Å². The first-order valence-electron chi connectivity index (χ1n) is 7.57. The molecule has 0 unspecified atom stereocenters. The minimum Gasteiger partial charge on any atom is -0.422 e. The van der Waals surface area contributed by atoms with Crippen molar-refractivity contribution in [1.29, 1.82) is 0 Å². The summed E-state index contributed by atoms with van der Waals surface area (Å²) in [6.07, 6.45) is 4.10. The number of carbonyl (C=O) groups is 3. The molecule has 0 atom stereocenters. The Balaban J connectivity index is 1.68. The summed E-state index contributed by atoms with van der Waals surface area (Å²) < 4.78 is 5.28. The van der Waals surface area contributed by atoms with E-state index >= 15 is 0 Å². The Labute approximate surface area is 148 Å². The van der Waals surface area contributed by atoms with Gasteiger partial charge >= 0.3 is 5.97 Å². The predicted octanol–water partition coefficient (Wildman–Crippen LogP) is 3.19. The number of pyridine rings is 1. The molecule has 0 bridgehead atoms. The van der Waals surface area contributed by atoms with Crippen molar-refractivity contribution in [3.05, 3.63) is 64.3 Å². The molecule has 0 spiro atoms. The van der Waals surface area contributed by atoms with Crippen LogP contribution in [0.2, 0.25) is 0 Å². The molecule has 0 saturated carbocycles. The fourth-order valence-corrected chi connectivity index (χ4v) is 2.80. The van der Waals surface area contributed by atoms with E-state index in [2.05, 4.69) is 10.3 Å². The van der Waals surface area contributed by atoms with Crippen molar-refractivity contribution in [3.8, 4) is 5.75 Å². The van der Waals surface area contributed by atoms with Gasteiger partial charge in [-0.15, -0.1) is 0 Å². The summed E-state index contributed by atoms with van der Waals surface area (Å²) in [5.41, 5.74) is 2.00. The first kappa shape index (κ1) is 16.9. The first-order valence-corrected chi connectivity index (χ1v) is 8.39. The maximum absolute atomic E-state index is 12.1. The van der Waals surface area contributed by atoms with Crippen LogP contribution in [0, 0.1) is 0 Å². The van der Waals surface area contributed by atoms with E-state index in [1.54, 1.807) is 42.6 Å². The van der Waals surface area contributed by atoms with Crippen LogP contribution in [-0.2, 0) is 11.2 Å². The number of imide groups is 1. The molecule has 1 fully saturated rings. The van der Waals surface area contributed by atoms with E-state index in [1.165, 1.54) is 0 Å². The summed E-state index contributed by atoms with van der Waals surface area (Å²) in [5.74, 6) is -0.578. The smallest absolute Gasteiger partial charge is 0.362 e. The van der Waals surface area contributed by atoms with Crippen LogP contribution >= 0.6 is 11.8 Å². The Kier molecular flexibility index (Phi) is 4.95. The van der Waals surface area contributed by atoms with E-state index in [9.17, 15) is 14.4 Å². The Morgan fingerprint density at radius 2 is 1.96 bits per heavy atom. The number of nitrogens with one attached hydrogen (secondary N) is 1. The van der Waals surface area contributed by atoms with Gasteiger partial charge in [0.15, 0.2) is 0 Å². The number of benzene rings is 1. The van der Waals surface area contributed by atoms with Crippen molar-refractivity contribution in [1.82, 2.24) is 10.3 Å². The number of aryl methyl sites for hydroxylation is 1. The summed E-state index contributed by atoms with van der Waals surface area (Å²) in [5, 5.41) is 1.81. The van der Waals surface area contributed by atoms with Crippen molar-refractivity contribution < 1.29 is 19.1 Å². The molecule has 2 heterocycles. The van der Waals surface area contributed by atoms with E-state index in [0.29, 0.717) is 10.7 Å². The number of hydrogen-bond acceptors (Lipinski definition) is 6. The Morgan fingerprint density at radius 3 is 2.52 bits per heavy atom. The third-order valence-corrected chi connectivity index (χ3v) is 4.28. The summed E-state index contributed by atoms with van der Waals surface area (Å²) in [7, 11) is 0. The molecular formula is C18H14N2O4S. The molecule has 0 aliphatic carbocycles. The Hall–Kier alpha value is -2.93. The number of rotatable bonds is 4. The molecule has 1 aliphatic rings. The fraction of sp³-hybridized carbons (Fsp3) is 0.111. The zero-order chi connectivity index (χ0) is 17.8. The van der Waals surface area contributed by atoms with Gasteiger partial charge in [0.05, 0.1) is 4.91 Å². The minimum atomic E-state index is -0.537. The minimum absolute atomic E-state index is 0.237. The maximum Gasteiger partial charge on any atom is 0.362 e. The molecule has 1 aromatic carbocycles. The SMILES string of the molecule is CCc1ccc(C(=O)Oc2ccc(/C=C3\SC(=O)NC3=O)cc2)nc1. The molecule has 0 radical (unpaired) electrons. The number of hydrogen-bond donors (Lipinski definition) is 1. The number of amides is 2. The molecule has 1 aliphatic heterocycles. The quantitative estimate of drug-likeness (QED) is 0.516. The van der Waals surface area contributed by atoms with Crippen molar-refractivity contribution in [2.75, 3.05) is 0 Å². The average molecular weight is 354 g/mol. The van der Waals surface area contributed by atoms with Crippen molar-refractivity contribution in [2.45, 2.75) is 13.3 Å². The highest BCUT2D eigenvalue weighted by Gasteiger charge is 2.24. The van der Waals surface area contributed by atoms with Gasteiger partial charge in [-0.1, -0.05) is 25.1 Å². The van der Waals surface area contributed by atoms with Crippen molar-refractivity contribution in [2.24, 2.45) is 0 Å². The summed E-state index contributed by atoms with van der Waals surface area (Å²) in [6.45, 7) is 2.01. The lowest BCUT2D eigenvalue weighted by atomic mass is 10.2. The van der Waals surface area contributed by atoms with Gasteiger partial charge in [-0.25, -0.2) is 9.78 Å². The van der Waals surface area contributed by atoms with Gasteiger partial charge in [0.1, 0.15) is 11.4 Å². The number of esters is 1. The van der Waals surface area contributed by atoms with Crippen LogP contribution in [0.25, 0.3) is 6.08 Å². The highest BCUT2D eigenvalue weighted by Crippen LogP contribution is 2.26. The molecule has 3 rings (SSSR count). The van der Waals surface area contributed by atoms with E-state index < -0.39 is 11.9 Å². The second-order valence-electron chi connectivity index (χ2n) is 5.22. The molecule has 25 heavy (non-hydrogen) atoms. The van der Waals surface area contributed by atoms with Crippen LogP contribution in [0.4, 0.5) is 4.79 Å². The van der Waals surface area contributed by atoms with Gasteiger partial charge in [-0.2, -0.15) is 0 Å². The highest BCUT2D eigenvalue weighted by atomic mass is 32.2. The van der Waals surface area contributed by atoms with Crippen LogP contribution in [0.1, 0.15) is 28.5 Å². The van der Waals surface area contributed by atoms with E-state index in [-0.39, 0.29) is 10.9 Å². The zero-order valence-corrected chi connectivity index (χ0v) is 14.1. The fourth-order valence-electron chi connectivity index (χ4n) is 2.12. The lowest BCUT2D eigenvalue weighted by Gasteiger charge is -2.05. The molecule has 1 aromatic heterocycles. The lowest BCUT2D eigenvalue weighted by molar-refractivity contribution is -0.115. The molecule has 1 saturated heterocycles. The zero-order valence-electron chi connectivity index (χ0n) is 13.3. The molecule has 126 valence electrons. The molecule has 2 amide bonds. The molecular weight excluding hydrogens is 340 g/mol. The molecule has 6 nitrogen and oxygen atoms in total. The van der Waals surface area contributed by atoms with E-state index in [1.807, 2.05) is 13.0 Å². The second kappa shape index (κ2) is 7.31. The summed E-state index contributed by atoms with van der Waals surface area (Å²) >= 11 is 0.851. The largest absolute Gasteiger partial charge is 0.422 e. The monoisotopic (exact) mass is 354 g/mol. The average Bonchev–Trinajstić information content (AvgIpc) is 2.94. The number of ether oxygens (including phenoxy) is 1. The Bertz CT molecular complexity index is 858. The number of carbonyl (C=O) groups excluding carboxylic acids is 3. The molecule has 2 aromatic rings. The lowest BCUT2D eigenvalue weighted by Crippen LogP contribution is -2.17. The van der Waals surface area contributed by atoms with Gasteiger partial charge in [-0.05, 0) is 53.6 Å². The van der Waals surface area contributed by atoms with Crippen LogP contribution in [0.5, 0.6) is 5.75 Å². The van der Waals surface area contributed by atoms with Gasteiger partial charge < -0.3 is 4.74 Å². The third-order valence-electron chi connectivity index (χ3n) is 3.47. The number of thioether (sulfide) groups is 1. The van der Waals surface area contributed by atoms with E-state index in [4.69, 9.17) is 4.74 Å². The number of nitrogens with zero attached hydrogens (tertiary/aromatic N) is 1. The van der Waals surface area contributed by atoms with Gasteiger partial charge in [0, 0.05) is 6.20 Å². The van der Waals surface area contributed by atoms with Crippen LogP contribution in [0.3, 0.4) is 0 Å². The van der Waals surface area contributed by atoms with Crippen molar-refractivity contribution >= 4 is 35.0 Å². The maximum atomic E-state index is 12.1. The second-order valence-corrected chi connectivity index (χ2v) is 6.23. The van der Waals surface area contributed by atoms with Crippen LogP contribution < -0.4 is 10.1 Å². The van der Waals surface area contributed by atoms with Crippen LogP contribution in [0.15, 0.2) is 47.5 Å². The standard InChI is InChI=1S/C18H14N2O4S/c1-2-11-5-8-14(19-10-11)17(22)24-13-6-3-12(4-7-13)9-15-16(21)20-18(23)25-15/h3-10H,2H2,1H3,(H,20,21,23)/b15-9-. The summed E-state index contributed by atoms with van der Waals surface area (Å²) in [4.78, 5) is 39.1. The summed E-state index contributed by atoms with van der Waals surface area (Å²) in [6, 6.07) is 10.1. The van der Waals surface area contributed by atoms with Crippen LogP contribution in [-0.4, -0.2) is 22.1 Å². The predicted molar refractivity (Wildman–Crippen MR) is 94.1 cm³/mol. The Morgan fingerprint density at radius 1 is 1.20 bits per heavy atom. The topological polar surface area (TPSA) is 85.4 Å². The molecule has 7 heteroatoms. The van der Waals surface area contributed by atoms with Gasteiger partial charge in [0.25, 0.3) is 11.1 Å². The van der Waals surface area contributed by atoms with Crippen molar-refractivity contribution in [3.63, 3.8) is 0 Å². The first-order chi connectivity index (χ1) is 12.0. The van der Waals surface area contributed by atoms with Gasteiger partial charge in [-0.3, -0.25) is 14.9 Å².